The molecule has 0 aliphatic rings. The molecule has 15 heavy (non-hydrogen) atoms. The minimum absolute atomic E-state index is 0.0555. The van der Waals surface area contributed by atoms with E-state index in [9.17, 15) is 4.79 Å². The molecule has 0 bridgehead atoms. The number of benzene rings is 1. The van der Waals surface area contributed by atoms with Gasteiger partial charge in [-0.15, -0.1) is 6.58 Å². The van der Waals surface area contributed by atoms with Crippen molar-refractivity contribution in [2.45, 2.75) is 12.8 Å². The number of halogens is 2. The van der Waals surface area contributed by atoms with E-state index in [1.54, 1.807) is 18.2 Å². The summed E-state index contributed by atoms with van der Waals surface area (Å²) >= 11 is 11.8. The van der Waals surface area contributed by atoms with Gasteiger partial charge in [0.25, 0.3) is 0 Å². The smallest absolute Gasteiger partial charge is 0.307 e. The van der Waals surface area contributed by atoms with Crippen LogP contribution in [0.25, 0.3) is 0 Å². The molecule has 1 aromatic rings. The van der Waals surface area contributed by atoms with E-state index in [2.05, 4.69) is 6.58 Å². The van der Waals surface area contributed by atoms with E-state index >= 15 is 0 Å². The Bertz CT molecular complexity index is 400. The van der Waals surface area contributed by atoms with E-state index < -0.39 is 5.97 Å². The van der Waals surface area contributed by atoms with Gasteiger partial charge in [0.15, 0.2) is 0 Å². The Morgan fingerprint density at radius 3 is 2.67 bits per heavy atom. The maximum Gasteiger partial charge on any atom is 0.307 e. The third-order valence-electron chi connectivity index (χ3n) is 1.98. The fourth-order valence-electron chi connectivity index (χ4n) is 1.33. The zero-order valence-corrected chi connectivity index (χ0v) is 9.48. The predicted octanol–water partition coefficient (Wildman–Crippen LogP) is 3.35. The molecule has 0 spiro atoms. The van der Waals surface area contributed by atoms with Crippen molar-refractivity contribution in [2.24, 2.45) is 0 Å². The molecule has 2 nitrogen and oxygen atoms in total. The molecule has 0 aliphatic heterocycles. The fraction of sp³-hybridized carbons (Fsp3) is 0.182. The number of hydrogen-bond donors (Lipinski definition) is 1. The average molecular weight is 245 g/mol. The van der Waals surface area contributed by atoms with E-state index in [4.69, 9.17) is 28.3 Å². The van der Waals surface area contributed by atoms with Gasteiger partial charge < -0.3 is 5.11 Å². The molecule has 0 fully saturated rings. The number of rotatable bonds is 4. The van der Waals surface area contributed by atoms with Gasteiger partial charge in [-0.25, -0.2) is 0 Å². The monoisotopic (exact) mass is 244 g/mol. The standard InChI is InChI=1S/C11H10Cl2O2/c1-2-3-8-7(6-10(14)15)4-5-9(12)11(8)13/h2,4-5H,1,3,6H2,(H,14,15). The number of hydrogen-bond acceptors (Lipinski definition) is 1. The van der Waals surface area contributed by atoms with Crippen LogP contribution in [0.4, 0.5) is 0 Å². The molecule has 0 saturated carbocycles. The summed E-state index contributed by atoms with van der Waals surface area (Å²) in [7, 11) is 0. The fourth-order valence-corrected chi connectivity index (χ4v) is 1.76. The molecule has 0 heterocycles. The molecule has 0 amide bonds. The van der Waals surface area contributed by atoms with E-state index in [-0.39, 0.29) is 6.42 Å². The highest BCUT2D eigenvalue weighted by atomic mass is 35.5. The number of allylic oxidation sites excluding steroid dienone is 1. The Balaban J connectivity index is 3.19. The van der Waals surface area contributed by atoms with Crippen LogP contribution in [0.1, 0.15) is 11.1 Å². The normalized spacial score (nSPS) is 10.0. The lowest BCUT2D eigenvalue weighted by molar-refractivity contribution is -0.136. The summed E-state index contributed by atoms with van der Waals surface area (Å²) in [6, 6.07) is 3.29. The van der Waals surface area contributed by atoms with Crippen molar-refractivity contribution < 1.29 is 9.90 Å². The van der Waals surface area contributed by atoms with Crippen LogP contribution in [0, 0.1) is 0 Å². The molecular formula is C11H10Cl2O2. The van der Waals surface area contributed by atoms with E-state index in [1.165, 1.54) is 0 Å². The lowest BCUT2D eigenvalue weighted by Gasteiger charge is -2.09. The van der Waals surface area contributed by atoms with Gasteiger partial charge >= 0.3 is 5.97 Å². The zero-order chi connectivity index (χ0) is 11.4. The average Bonchev–Trinajstić information content (AvgIpc) is 2.17. The van der Waals surface area contributed by atoms with Crippen molar-refractivity contribution in [3.05, 3.63) is 46.0 Å². The minimum atomic E-state index is -0.890. The van der Waals surface area contributed by atoms with Crippen LogP contribution in [0.3, 0.4) is 0 Å². The minimum Gasteiger partial charge on any atom is -0.481 e. The first-order chi connectivity index (χ1) is 7.06. The molecule has 0 saturated heterocycles. The van der Waals surface area contributed by atoms with Gasteiger partial charge in [0.2, 0.25) is 0 Å². The Labute approximate surface area is 98.1 Å². The lowest BCUT2D eigenvalue weighted by atomic mass is 10.0. The van der Waals surface area contributed by atoms with Gasteiger partial charge in [0.1, 0.15) is 0 Å². The van der Waals surface area contributed by atoms with Crippen molar-refractivity contribution in [3.63, 3.8) is 0 Å². The highest BCUT2D eigenvalue weighted by Crippen LogP contribution is 2.29. The van der Waals surface area contributed by atoms with Crippen molar-refractivity contribution in [3.8, 4) is 0 Å². The summed E-state index contributed by atoms with van der Waals surface area (Å²) in [5, 5.41) is 9.56. The first kappa shape index (κ1) is 12.1. The van der Waals surface area contributed by atoms with Gasteiger partial charge in [0.05, 0.1) is 16.5 Å². The maximum atomic E-state index is 10.6. The summed E-state index contributed by atoms with van der Waals surface area (Å²) in [6.45, 7) is 3.60. The zero-order valence-electron chi connectivity index (χ0n) is 7.96. The molecule has 1 rings (SSSR count). The van der Waals surface area contributed by atoms with Crippen molar-refractivity contribution in [1.82, 2.24) is 0 Å². The first-order valence-corrected chi connectivity index (χ1v) is 5.10. The largest absolute Gasteiger partial charge is 0.481 e. The van der Waals surface area contributed by atoms with Gasteiger partial charge in [-0.3, -0.25) is 4.79 Å². The summed E-state index contributed by atoms with van der Waals surface area (Å²) in [4.78, 5) is 10.6. The van der Waals surface area contributed by atoms with Crippen LogP contribution in [-0.4, -0.2) is 11.1 Å². The third-order valence-corrected chi connectivity index (χ3v) is 2.83. The van der Waals surface area contributed by atoms with Crippen LogP contribution in [0.2, 0.25) is 10.0 Å². The second-order valence-electron chi connectivity index (χ2n) is 3.06. The summed E-state index contributed by atoms with van der Waals surface area (Å²) < 4.78 is 0. The molecule has 1 aromatic carbocycles. The molecule has 1 N–H and O–H groups in total. The predicted molar refractivity (Wildman–Crippen MR) is 61.7 cm³/mol. The van der Waals surface area contributed by atoms with Crippen LogP contribution in [-0.2, 0) is 17.6 Å². The van der Waals surface area contributed by atoms with Crippen LogP contribution >= 0.6 is 23.2 Å². The molecule has 0 aliphatic carbocycles. The van der Waals surface area contributed by atoms with E-state index in [1.807, 2.05) is 0 Å². The Morgan fingerprint density at radius 2 is 2.13 bits per heavy atom. The Hall–Kier alpha value is -0.990. The Morgan fingerprint density at radius 1 is 1.47 bits per heavy atom. The highest BCUT2D eigenvalue weighted by molar-refractivity contribution is 6.42. The van der Waals surface area contributed by atoms with Crippen LogP contribution in [0.15, 0.2) is 24.8 Å². The maximum absolute atomic E-state index is 10.6. The van der Waals surface area contributed by atoms with Crippen LogP contribution in [0.5, 0.6) is 0 Å². The number of carboxylic acids is 1. The topological polar surface area (TPSA) is 37.3 Å². The third kappa shape index (κ3) is 2.98. The van der Waals surface area contributed by atoms with Crippen molar-refractivity contribution in [1.29, 1.82) is 0 Å². The van der Waals surface area contributed by atoms with Gasteiger partial charge in [-0.05, 0) is 23.6 Å². The first-order valence-electron chi connectivity index (χ1n) is 4.34. The number of carbonyl (C=O) groups is 1. The van der Waals surface area contributed by atoms with E-state index in [0.29, 0.717) is 22.0 Å². The molecule has 80 valence electrons. The molecular weight excluding hydrogens is 235 g/mol. The summed E-state index contributed by atoms with van der Waals surface area (Å²) in [5.41, 5.74) is 1.42. The van der Waals surface area contributed by atoms with Gasteiger partial charge in [0, 0.05) is 0 Å². The van der Waals surface area contributed by atoms with E-state index in [0.717, 1.165) is 5.56 Å². The van der Waals surface area contributed by atoms with Crippen LogP contribution < -0.4 is 0 Å². The highest BCUT2D eigenvalue weighted by Gasteiger charge is 2.11. The van der Waals surface area contributed by atoms with Gasteiger partial charge in [-0.2, -0.15) is 0 Å². The molecule has 0 aromatic heterocycles. The Kier molecular flexibility index (Phi) is 4.18. The molecule has 0 unspecified atom stereocenters. The second kappa shape index (κ2) is 5.19. The lowest BCUT2D eigenvalue weighted by Crippen LogP contribution is -2.04. The molecule has 0 radical (unpaired) electrons. The summed E-state index contributed by atoms with van der Waals surface area (Å²) in [5.74, 6) is -0.890. The molecule has 0 atom stereocenters. The molecule has 4 heteroatoms. The SMILES string of the molecule is C=CCc1c(CC(=O)O)ccc(Cl)c1Cl. The quantitative estimate of drug-likeness (QED) is 0.826. The summed E-state index contributed by atoms with van der Waals surface area (Å²) in [6.07, 6.45) is 2.13. The van der Waals surface area contributed by atoms with Crippen molar-refractivity contribution in [2.75, 3.05) is 0 Å². The second-order valence-corrected chi connectivity index (χ2v) is 3.85. The van der Waals surface area contributed by atoms with Crippen molar-refractivity contribution >= 4 is 29.2 Å². The number of carboxylic acid groups (broad SMARTS) is 1. The van der Waals surface area contributed by atoms with Gasteiger partial charge in [-0.1, -0.05) is 35.3 Å². The number of aliphatic carboxylic acids is 1.